The molecule has 1 aromatic heterocycles. The largest absolute Gasteiger partial charge is 0.486 e. The van der Waals surface area contributed by atoms with Crippen LogP contribution in [0.2, 0.25) is 0 Å². The monoisotopic (exact) mass is 601 g/mol. The molecule has 0 bridgehead atoms. The molecule has 3 aromatic carbocycles. The molecule has 0 radical (unpaired) electrons. The van der Waals surface area contributed by atoms with Gasteiger partial charge in [-0.15, -0.1) is 10.2 Å². The topological polar surface area (TPSA) is 89.4 Å². The van der Waals surface area contributed by atoms with E-state index in [1.54, 1.807) is 0 Å². The first-order valence-electron chi connectivity index (χ1n) is 14.6. The third kappa shape index (κ3) is 8.67. The number of nitrogens with one attached hydrogen (secondary N) is 1. The Bertz CT molecular complexity index is 1490. The summed E-state index contributed by atoms with van der Waals surface area (Å²) >= 11 is 1.24. The van der Waals surface area contributed by atoms with Crippen molar-refractivity contribution in [3.63, 3.8) is 0 Å². The Balaban J connectivity index is 1.31. The zero-order valence-electron chi connectivity index (χ0n) is 24.2. The molecule has 4 aromatic rings. The number of hydrogen-bond acceptors (Lipinski definition) is 6. The van der Waals surface area contributed by atoms with Crippen molar-refractivity contribution >= 4 is 29.3 Å². The second kappa shape index (κ2) is 14.8. The van der Waals surface area contributed by atoms with Crippen LogP contribution in [0.3, 0.4) is 0 Å². The Hall–Kier alpha value is -4.18. The normalized spacial score (nSPS) is 13.4. The Kier molecular flexibility index (Phi) is 10.4. The quantitative estimate of drug-likeness (QED) is 0.203. The molecule has 1 fully saturated rings. The van der Waals surface area contributed by atoms with Gasteiger partial charge in [0.05, 0.1) is 12.3 Å². The number of ether oxygens (including phenoxy) is 1. The maximum atomic E-state index is 13.7. The highest BCUT2D eigenvalue weighted by atomic mass is 32.2. The van der Waals surface area contributed by atoms with Crippen LogP contribution in [0.1, 0.15) is 49.1 Å². The SMILES string of the molecule is Cc1ccc(OCc2nnc(SCC(=O)N(CC(=O)NC3CCCCC3)c3ccc(F)cc3)n2Cc2ccccc2)cc1. The van der Waals surface area contributed by atoms with Crippen LogP contribution in [0.4, 0.5) is 10.1 Å². The van der Waals surface area contributed by atoms with Crippen LogP contribution in [-0.2, 0) is 22.7 Å². The number of amides is 2. The maximum absolute atomic E-state index is 13.7. The molecule has 2 amide bonds. The Labute approximate surface area is 255 Å². The van der Waals surface area contributed by atoms with E-state index in [0.29, 0.717) is 23.2 Å². The van der Waals surface area contributed by atoms with E-state index < -0.39 is 5.82 Å². The summed E-state index contributed by atoms with van der Waals surface area (Å²) in [6, 6.07) is 23.5. The fourth-order valence-electron chi connectivity index (χ4n) is 5.05. The lowest BCUT2D eigenvalue weighted by Crippen LogP contribution is -2.45. The molecule has 8 nitrogen and oxygen atoms in total. The van der Waals surface area contributed by atoms with Crippen LogP contribution in [0, 0.1) is 12.7 Å². The highest BCUT2D eigenvalue weighted by molar-refractivity contribution is 7.99. The molecule has 0 unspecified atom stereocenters. The van der Waals surface area contributed by atoms with E-state index in [-0.39, 0.29) is 36.8 Å². The van der Waals surface area contributed by atoms with Gasteiger partial charge in [0.15, 0.2) is 11.0 Å². The number of anilines is 1. The second-order valence-corrected chi connectivity index (χ2v) is 11.7. The molecular formula is C33H36FN5O3S. The molecule has 1 aliphatic carbocycles. The molecule has 5 rings (SSSR count). The Morgan fingerprint density at radius 3 is 2.42 bits per heavy atom. The molecule has 0 aliphatic heterocycles. The van der Waals surface area contributed by atoms with Crippen molar-refractivity contribution in [2.24, 2.45) is 0 Å². The molecular weight excluding hydrogens is 565 g/mol. The van der Waals surface area contributed by atoms with Gasteiger partial charge < -0.3 is 15.0 Å². The number of carbonyl (C=O) groups excluding carboxylic acids is 2. The number of halogens is 1. The molecule has 0 atom stereocenters. The lowest BCUT2D eigenvalue weighted by atomic mass is 9.95. The molecule has 0 saturated heterocycles. The molecule has 10 heteroatoms. The van der Waals surface area contributed by atoms with Crippen molar-refractivity contribution in [1.29, 1.82) is 0 Å². The molecule has 1 heterocycles. The van der Waals surface area contributed by atoms with Crippen molar-refractivity contribution in [2.45, 2.75) is 63.4 Å². The van der Waals surface area contributed by atoms with E-state index in [9.17, 15) is 14.0 Å². The maximum Gasteiger partial charge on any atom is 0.240 e. The summed E-state index contributed by atoms with van der Waals surface area (Å²) < 4.78 is 21.6. The lowest BCUT2D eigenvalue weighted by molar-refractivity contribution is -0.123. The van der Waals surface area contributed by atoms with Crippen LogP contribution >= 0.6 is 11.8 Å². The molecule has 224 valence electrons. The standard InChI is InChI=1S/C33H36FN5O3S/c1-24-12-18-29(19-13-24)42-22-30-36-37-33(39(30)20-25-8-4-2-5-9-25)43-23-32(41)38(28-16-14-26(34)15-17-28)21-31(40)35-27-10-6-3-7-11-27/h2,4-5,8-9,12-19,27H,3,6-7,10-11,20-23H2,1H3,(H,35,40). The van der Waals surface area contributed by atoms with Crippen molar-refractivity contribution in [3.8, 4) is 5.75 Å². The molecule has 0 spiro atoms. The van der Waals surface area contributed by atoms with Gasteiger partial charge in [-0.1, -0.05) is 79.1 Å². The van der Waals surface area contributed by atoms with E-state index in [4.69, 9.17) is 4.74 Å². The number of aryl methyl sites for hydroxylation is 1. The van der Waals surface area contributed by atoms with Crippen LogP contribution in [0.5, 0.6) is 5.75 Å². The number of hydrogen-bond donors (Lipinski definition) is 1. The first kappa shape index (κ1) is 30.3. The summed E-state index contributed by atoms with van der Waals surface area (Å²) in [5, 5.41) is 12.4. The fraction of sp³-hybridized carbons (Fsp3) is 0.333. The number of thioether (sulfide) groups is 1. The van der Waals surface area contributed by atoms with Gasteiger partial charge in [-0.25, -0.2) is 4.39 Å². The summed E-state index contributed by atoms with van der Waals surface area (Å²) in [5.41, 5.74) is 2.66. The van der Waals surface area contributed by atoms with E-state index in [1.165, 1.54) is 47.3 Å². The predicted octanol–water partition coefficient (Wildman–Crippen LogP) is 5.93. The third-order valence-corrected chi connectivity index (χ3v) is 8.35. The van der Waals surface area contributed by atoms with Crippen LogP contribution in [0.25, 0.3) is 0 Å². The smallest absolute Gasteiger partial charge is 0.240 e. The number of rotatable bonds is 12. The van der Waals surface area contributed by atoms with Gasteiger partial charge in [-0.3, -0.25) is 14.2 Å². The minimum atomic E-state index is -0.411. The van der Waals surface area contributed by atoms with Crippen molar-refractivity contribution < 1.29 is 18.7 Å². The first-order chi connectivity index (χ1) is 20.9. The highest BCUT2D eigenvalue weighted by Crippen LogP contribution is 2.23. The average Bonchev–Trinajstić information content (AvgIpc) is 3.40. The average molecular weight is 602 g/mol. The molecule has 1 saturated carbocycles. The summed E-state index contributed by atoms with van der Waals surface area (Å²) in [6.07, 6.45) is 5.24. The van der Waals surface area contributed by atoms with E-state index in [0.717, 1.165) is 42.6 Å². The fourth-order valence-corrected chi connectivity index (χ4v) is 5.88. The van der Waals surface area contributed by atoms with Crippen molar-refractivity contribution in [2.75, 3.05) is 17.2 Å². The molecule has 1 N–H and O–H groups in total. The minimum Gasteiger partial charge on any atom is -0.486 e. The van der Waals surface area contributed by atoms with Gasteiger partial charge in [0, 0.05) is 11.7 Å². The molecule has 1 aliphatic rings. The lowest BCUT2D eigenvalue weighted by Gasteiger charge is -2.26. The summed E-state index contributed by atoms with van der Waals surface area (Å²) in [7, 11) is 0. The van der Waals surface area contributed by atoms with Gasteiger partial charge in [0.2, 0.25) is 11.8 Å². The number of aromatic nitrogens is 3. The van der Waals surface area contributed by atoms with Crippen LogP contribution in [0.15, 0.2) is 84.0 Å². The van der Waals surface area contributed by atoms with Crippen molar-refractivity contribution in [1.82, 2.24) is 20.1 Å². The first-order valence-corrected chi connectivity index (χ1v) is 15.6. The zero-order valence-corrected chi connectivity index (χ0v) is 25.1. The second-order valence-electron chi connectivity index (χ2n) is 10.7. The summed E-state index contributed by atoms with van der Waals surface area (Å²) in [4.78, 5) is 28.0. The van der Waals surface area contributed by atoms with Crippen molar-refractivity contribution in [3.05, 3.63) is 102 Å². The third-order valence-electron chi connectivity index (χ3n) is 7.40. The number of carbonyl (C=O) groups is 2. The Morgan fingerprint density at radius 2 is 1.70 bits per heavy atom. The Morgan fingerprint density at radius 1 is 0.977 bits per heavy atom. The summed E-state index contributed by atoms with van der Waals surface area (Å²) in [5.74, 6) is 0.443. The van der Waals surface area contributed by atoms with Gasteiger partial charge in [0.25, 0.3) is 0 Å². The highest BCUT2D eigenvalue weighted by Gasteiger charge is 2.24. The number of benzene rings is 3. The van der Waals surface area contributed by atoms with Gasteiger partial charge in [-0.05, 0) is 61.7 Å². The van der Waals surface area contributed by atoms with E-state index in [2.05, 4.69) is 15.5 Å². The zero-order chi connectivity index (χ0) is 30.0. The summed E-state index contributed by atoms with van der Waals surface area (Å²) in [6.45, 7) is 2.59. The predicted molar refractivity (Wildman–Crippen MR) is 166 cm³/mol. The van der Waals surface area contributed by atoms with Crippen LogP contribution < -0.4 is 15.0 Å². The van der Waals surface area contributed by atoms with E-state index in [1.807, 2.05) is 66.1 Å². The van der Waals surface area contributed by atoms with Gasteiger partial charge in [0.1, 0.15) is 24.7 Å². The van der Waals surface area contributed by atoms with Crippen LogP contribution in [-0.4, -0.2) is 44.9 Å². The van der Waals surface area contributed by atoms with Gasteiger partial charge >= 0.3 is 0 Å². The molecule has 43 heavy (non-hydrogen) atoms. The van der Waals surface area contributed by atoms with Gasteiger partial charge in [-0.2, -0.15) is 0 Å². The minimum absolute atomic E-state index is 0.0137. The van der Waals surface area contributed by atoms with E-state index >= 15 is 0 Å². The number of nitrogens with zero attached hydrogens (tertiary/aromatic N) is 4.